The third kappa shape index (κ3) is 4.18. The molecule has 2 rings (SSSR count). The molecule has 0 N–H and O–H groups in total. The van der Waals surface area contributed by atoms with E-state index in [0.29, 0.717) is 0 Å². The average molecular weight is 297 g/mol. The van der Waals surface area contributed by atoms with Gasteiger partial charge >= 0.3 is 114 Å². The molecule has 2 aliphatic heterocycles. The standard InChI is InChI=1S/C15H27BSe/c1-2-3-4-12-17-13-11-16-14-7-5-8-15(16)10-6-9-14/h11,13-15H,2-10,12H2,1H3/b13-11+. The van der Waals surface area contributed by atoms with Gasteiger partial charge in [-0.1, -0.05) is 0 Å². The second kappa shape index (κ2) is 7.69. The molecular weight excluding hydrogens is 270 g/mol. The first-order valence-corrected chi connectivity index (χ1v) is 9.90. The molecule has 0 aromatic rings. The average Bonchev–Trinajstić information content (AvgIpc) is 2.33. The van der Waals surface area contributed by atoms with Crippen molar-refractivity contribution in [2.24, 2.45) is 0 Å². The SMILES string of the molecule is CCCCC[Se]/C=C/B1C2CCCC1CCC2. The minimum absolute atomic E-state index is 0.793. The van der Waals surface area contributed by atoms with E-state index in [-0.39, 0.29) is 0 Å². The van der Waals surface area contributed by atoms with Crippen molar-refractivity contribution in [2.75, 3.05) is 0 Å². The van der Waals surface area contributed by atoms with E-state index in [2.05, 4.69) is 17.9 Å². The second-order valence-corrected chi connectivity index (χ2v) is 7.99. The molecule has 2 aliphatic rings. The van der Waals surface area contributed by atoms with Crippen LogP contribution in [0.5, 0.6) is 0 Å². The molecule has 0 atom stereocenters. The Kier molecular flexibility index (Phi) is 6.22. The van der Waals surface area contributed by atoms with Crippen molar-refractivity contribution in [1.82, 2.24) is 0 Å². The Morgan fingerprint density at radius 1 is 1.06 bits per heavy atom. The van der Waals surface area contributed by atoms with Gasteiger partial charge in [0.1, 0.15) is 0 Å². The molecule has 2 fully saturated rings. The first-order chi connectivity index (χ1) is 8.42. The maximum absolute atomic E-state index is 2.64. The Morgan fingerprint density at radius 3 is 2.29 bits per heavy atom. The Labute approximate surface area is 114 Å². The van der Waals surface area contributed by atoms with Crippen LogP contribution in [-0.4, -0.2) is 21.7 Å². The number of fused-ring (bicyclic) bond motifs is 2. The fraction of sp³-hybridized carbons (Fsp3) is 0.867. The van der Waals surface area contributed by atoms with Crippen molar-refractivity contribution >= 4 is 21.7 Å². The van der Waals surface area contributed by atoms with E-state index >= 15 is 0 Å². The van der Waals surface area contributed by atoms with Gasteiger partial charge < -0.3 is 0 Å². The summed E-state index contributed by atoms with van der Waals surface area (Å²) in [5.41, 5.74) is 0. The van der Waals surface area contributed by atoms with E-state index in [4.69, 9.17) is 0 Å². The summed E-state index contributed by atoms with van der Waals surface area (Å²) < 4.78 is 0. The molecule has 2 heterocycles. The topological polar surface area (TPSA) is 0 Å². The third-order valence-corrected chi connectivity index (χ3v) is 6.48. The first-order valence-electron chi connectivity index (χ1n) is 7.70. The summed E-state index contributed by atoms with van der Waals surface area (Å²) in [6.07, 6.45) is 13.4. The summed E-state index contributed by atoms with van der Waals surface area (Å²) in [7, 11) is 0. The van der Waals surface area contributed by atoms with E-state index in [0.717, 1.165) is 33.3 Å². The molecule has 2 heteroatoms. The van der Waals surface area contributed by atoms with Crippen LogP contribution in [0.2, 0.25) is 17.0 Å². The van der Waals surface area contributed by atoms with Crippen molar-refractivity contribution in [2.45, 2.75) is 81.7 Å². The molecule has 0 radical (unpaired) electrons. The zero-order valence-electron chi connectivity index (χ0n) is 11.4. The second-order valence-electron chi connectivity index (χ2n) is 5.87. The number of rotatable bonds is 6. The van der Waals surface area contributed by atoms with Crippen LogP contribution in [0.25, 0.3) is 0 Å². The van der Waals surface area contributed by atoms with Gasteiger partial charge in [-0.15, -0.1) is 0 Å². The Bertz CT molecular complexity index is 217. The predicted octanol–water partition coefficient (Wildman–Crippen LogP) is 4.96. The predicted molar refractivity (Wildman–Crippen MR) is 80.2 cm³/mol. The van der Waals surface area contributed by atoms with Crippen LogP contribution in [0.1, 0.15) is 64.7 Å². The molecule has 0 aliphatic carbocycles. The maximum atomic E-state index is 2.64. The van der Waals surface area contributed by atoms with Gasteiger partial charge in [0.2, 0.25) is 0 Å². The van der Waals surface area contributed by atoms with Gasteiger partial charge in [-0.25, -0.2) is 0 Å². The van der Waals surface area contributed by atoms with E-state index in [9.17, 15) is 0 Å². The fourth-order valence-electron chi connectivity index (χ4n) is 3.69. The molecule has 0 aromatic heterocycles. The van der Waals surface area contributed by atoms with Crippen molar-refractivity contribution in [3.8, 4) is 0 Å². The van der Waals surface area contributed by atoms with Gasteiger partial charge in [0.15, 0.2) is 0 Å². The summed E-state index contributed by atoms with van der Waals surface area (Å²) in [6, 6.07) is 0. The molecule has 0 spiro atoms. The van der Waals surface area contributed by atoms with Crippen molar-refractivity contribution in [3.63, 3.8) is 0 Å². The molecule has 0 nitrogen and oxygen atoms in total. The van der Waals surface area contributed by atoms with E-state index in [1.54, 1.807) is 0 Å². The molecule has 0 unspecified atom stereocenters. The molecule has 0 amide bonds. The Morgan fingerprint density at radius 2 is 1.71 bits per heavy atom. The monoisotopic (exact) mass is 298 g/mol. The zero-order chi connectivity index (χ0) is 11.9. The molecule has 2 bridgehead atoms. The van der Waals surface area contributed by atoms with Crippen LogP contribution in [0.15, 0.2) is 10.9 Å². The van der Waals surface area contributed by atoms with Crippen molar-refractivity contribution in [3.05, 3.63) is 10.9 Å². The van der Waals surface area contributed by atoms with Crippen LogP contribution in [-0.2, 0) is 0 Å². The van der Waals surface area contributed by atoms with Crippen LogP contribution in [0.3, 0.4) is 0 Å². The summed E-state index contributed by atoms with van der Waals surface area (Å²) >= 11 is 0.793. The van der Waals surface area contributed by atoms with Crippen molar-refractivity contribution in [1.29, 1.82) is 0 Å². The number of hydrogen-bond donors (Lipinski definition) is 0. The van der Waals surface area contributed by atoms with Gasteiger partial charge in [0, 0.05) is 0 Å². The molecular formula is C15H27BSe. The van der Waals surface area contributed by atoms with Crippen LogP contribution >= 0.6 is 0 Å². The summed E-state index contributed by atoms with van der Waals surface area (Å²) in [5.74, 6) is 4.76. The van der Waals surface area contributed by atoms with E-state index < -0.39 is 0 Å². The van der Waals surface area contributed by atoms with Crippen LogP contribution in [0, 0.1) is 0 Å². The first kappa shape index (κ1) is 13.7. The normalized spacial score (nSPS) is 28.9. The van der Waals surface area contributed by atoms with E-state index in [1.165, 1.54) is 63.1 Å². The number of unbranched alkanes of at least 4 members (excludes halogenated alkanes) is 2. The molecule has 0 aromatic carbocycles. The summed E-state index contributed by atoms with van der Waals surface area (Å²) in [4.78, 5) is 2.57. The number of hydrogen-bond acceptors (Lipinski definition) is 0. The summed E-state index contributed by atoms with van der Waals surface area (Å²) in [5, 5.41) is 1.47. The van der Waals surface area contributed by atoms with Gasteiger partial charge in [0.25, 0.3) is 0 Å². The minimum atomic E-state index is 0.793. The van der Waals surface area contributed by atoms with Crippen molar-refractivity contribution < 1.29 is 0 Å². The van der Waals surface area contributed by atoms with E-state index in [1.807, 2.05) is 0 Å². The third-order valence-electron chi connectivity index (χ3n) is 4.65. The quantitative estimate of drug-likeness (QED) is 0.480. The van der Waals surface area contributed by atoms with Gasteiger partial charge in [-0.3, -0.25) is 0 Å². The summed E-state index contributed by atoms with van der Waals surface area (Å²) in [6.45, 7) is 3.28. The molecule has 2 saturated heterocycles. The van der Waals surface area contributed by atoms with Crippen LogP contribution in [0.4, 0.5) is 0 Å². The zero-order valence-corrected chi connectivity index (χ0v) is 13.1. The molecule has 0 saturated carbocycles. The van der Waals surface area contributed by atoms with Crippen LogP contribution < -0.4 is 0 Å². The van der Waals surface area contributed by atoms with Gasteiger partial charge in [-0.05, 0) is 0 Å². The van der Waals surface area contributed by atoms with Gasteiger partial charge in [0.05, 0.1) is 0 Å². The molecule has 17 heavy (non-hydrogen) atoms. The van der Waals surface area contributed by atoms with Gasteiger partial charge in [-0.2, -0.15) is 0 Å². The Hall–Kier alpha value is 0.324. The molecule has 96 valence electrons. The Balaban J connectivity index is 1.71. The fourth-order valence-corrected chi connectivity index (χ4v) is 5.37.